The number of halogens is 5. The third kappa shape index (κ3) is 5.91. The molecule has 12 heteroatoms. The van der Waals surface area contributed by atoms with E-state index in [1.54, 1.807) is 20.8 Å². The number of pyridine rings is 1. The van der Waals surface area contributed by atoms with Crippen molar-refractivity contribution < 1.29 is 31.5 Å². The van der Waals surface area contributed by atoms with Gasteiger partial charge in [0.25, 0.3) is 5.92 Å². The maximum absolute atomic E-state index is 13.2. The highest BCUT2D eigenvalue weighted by Crippen LogP contribution is 2.38. The van der Waals surface area contributed by atoms with E-state index in [-0.39, 0.29) is 23.0 Å². The van der Waals surface area contributed by atoms with Gasteiger partial charge in [0.05, 0.1) is 25.0 Å². The molecule has 0 radical (unpaired) electrons. The second kappa shape index (κ2) is 7.64. The Morgan fingerprint density at radius 2 is 1.90 bits per heavy atom. The van der Waals surface area contributed by atoms with Gasteiger partial charge in [-0.05, 0) is 5.41 Å². The van der Waals surface area contributed by atoms with E-state index >= 15 is 0 Å². The summed E-state index contributed by atoms with van der Waals surface area (Å²) in [5, 5.41) is 0. The smallest absolute Gasteiger partial charge is 0.422 e. The number of hydrogen-bond donors (Lipinski definition) is 2. The quantitative estimate of drug-likeness (QED) is 0.414. The van der Waals surface area contributed by atoms with E-state index in [2.05, 4.69) is 9.98 Å². The minimum absolute atomic E-state index is 0.0287. The van der Waals surface area contributed by atoms with E-state index in [9.17, 15) is 26.7 Å². The Balaban J connectivity index is 2.38. The molecule has 0 bridgehead atoms. The van der Waals surface area contributed by atoms with Gasteiger partial charge in [-0.15, -0.1) is 0 Å². The van der Waals surface area contributed by atoms with Gasteiger partial charge in [0, 0.05) is 6.07 Å². The van der Waals surface area contributed by atoms with Crippen LogP contribution in [0.25, 0.3) is 0 Å². The number of ether oxygens (including phenoxy) is 1. The van der Waals surface area contributed by atoms with Crippen molar-refractivity contribution in [2.75, 3.05) is 24.6 Å². The number of aliphatic imine (C=N–C) groups is 1. The lowest BCUT2D eigenvalue weighted by molar-refractivity contribution is -0.153. The van der Waals surface area contributed by atoms with E-state index in [4.69, 9.17) is 16.2 Å². The zero-order chi connectivity index (χ0) is 22.2. The van der Waals surface area contributed by atoms with Crippen molar-refractivity contribution in [3.05, 3.63) is 18.0 Å². The molecule has 1 fully saturated rings. The average molecular weight is 423 g/mol. The van der Waals surface area contributed by atoms with Gasteiger partial charge in [0.1, 0.15) is 23.3 Å². The Kier molecular flexibility index (Phi) is 5.96. The summed E-state index contributed by atoms with van der Waals surface area (Å²) in [7, 11) is 0. The van der Waals surface area contributed by atoms with E-state index in [0.717, 1.165) is 17.2 Å². The molecule has 1 saturated heterocycles. The van der Waals surface area contributed by atoms with Gasteiger partial charge in [-0.25, -0.2) is 8.78 Å². The minimum Gasteiger partial charge on any atom is -0.482 e. The van der Waals surface area contributed by atoms with Crippen LogP contribution in [0.2, 0.25) is 0 Å². The molecule has 2 heterocycles. The second-order valence-electron chi connectivity index (χ2n) is 7.84. The molecule has 162 valence electrons. The molecule has 1 atom stereocenters. The van der Waals surface area contributed by atoms with E-state index in [1.165, 1.54) is 0 Å². The van der Waals surface area contributed by atoms with Crippen molar-refractivity contribution >= 4 is 17.4 Å². The van der Waals surface area contributed by atoms with Gasteiger partial charge in [-0.1, -0.05) is 20.8 Å². The maximum atomic E-state index is 13.2. The molecule has 1 amide bonds. The molecule has 0 aromatic carbocycles. The highest BCUT2D eigenvalue weighted by Gasteiger charge is 2.45. The Labute approximate surface area is 163 Å². The van der Waals surface area contributed by atoms with Crippen molar-refractivity contribution in [3.8, 4) is 5.75 Å². The van der Waals surface area contributed by atoms with Crippen molar-refractivity contribution in [2.24, 2.45) is 21.9 Å². The first-order chi connectivity index (χ1) is 13.1. The molecule has 0 spiro atoms. The van der Waals surface area contributed by atoms with Crippen LogP contribution >= 0.6 is 0 Å². The zero-order valence-electron chi connectivity index (χ0n) is 16.1. The highest BCUT2D eigenvalue weighted by atomic mass is 19.4. The number of carbonyl (C=O) groups is 1. The summed E-state index contributed by atoms with van der Waals surface area (Å²) in [6.45, 7) is 2.14. The largest absolute Gasteiger partial charge is 0.482 e. The summed E-state index contributed by atoms with van der Waals surface area (Å²) in [5.74, 6) is -4.26. The highest BCUT2D eigenvalue weighted by molar-refractivity contribution is 5.98. The van der Waals surface area contributed by atoms with Gasteiger partial charge in [-0.2, -0.15) is 13.2 Å². The number of alkyl halides is 5. The standard InChI is InChI=1S/C17H22F5N5O2/c1-15(2,3)12(14(24)28)26-13(23)9-4-11(29-8-17(20,21)22)10(5-25-9)27-6-16(18,19)7-27/h4-5,12H,6-8H2,1-3H3,(H2,23,26)(H2,24,28)/t12-/m0/s1. The monoisotopic (exact) mass is 423 g/mol. The van der Waals surface area contributed by atoms with Crippen LogP contribution in [0, 0.1) is 5.41 Å². The summed E-state index contributed by atoms with van der Waals surface area (Å²) >= 11 is 0. The number of rotatable bonds is 6. The van der Waals surface area contributed by atoms with Crippen LogP contribution in [0.4, 0.5) is 27.6 Å². The molecule has 0 unspecified atom stereocenters. The van der Waals surface area contributed by atoms with Gasteiger partial charge in [0.15, 0.2) is 6.61 Å². The van der Waals surface area contributed by atoms with E-state index in [0.29, 0.717) is 0 Å². The van der Waals surface area contributed by atoms with E-state index < -0.39 is 49.2 Å². The average Bonchev–Trinajstić information content (AvgIpc) is 2.53. The molecular weight excluding hydrogens is 401 g/mol. The molecule has 0 aliphatic carbocycles. The summed E-state index contributed by atoms with van der Waals surface area (Å²) in [6.07, 6.45) is -3.56. The topological polar surface area (TPSA) is 107 Å². The summed E-state index contributed by atoms with van der Waals surface area (Å²) in [6, 6.07) is 0.0504. The van der Waals surface area contributed by atoms with Crippen molar-refractivity contribution in [3.63, 3.8) is 0 Å². The normalized spacial score (nSPS) is 18.2. The molecule has 29 heavy (non-hydrogen) atoms. The third-order valence-electron chi connectivity index (χ3n) is 4.04. The van der Waals surface area contributed by atoms with Crippen molar-refractivity contribution in [1.82, 2.24) is 4.98 Å². The van der Waals surface area contributed by atoms with Crippen LogP contribution < -0.4 is 21.1 Å². The van der Waals surface area contributed by atoms with Crippen LogP contribution in [-0.4, -0.2) is 54.6 Å². The van der Waals surface area contributed by atoms with Gasteiger partial charge < -0.3 is 21.1 Å². The van der Waals surface area contributed by atoms with Crippen LogP contribution in [0.3, 0.4) is 0 Å². The van der Waals surface area contributed by atoms with Crippen LogP contribution in [0.15, 0.2) is 17.3 Å². The fourth-order valence-electron chi connectivity index (χ4n) is 2.65. The Hall–Kier alpha value is -2.66. The molecule has 1 aliphatic rings. The lowest BCUT2D eigenvalue weighted by atomic mass is 9.86. The second-order valence-corrected chi connectivity index (χ2v) is 7.84. The Bertz CT molecular complexity index is 796. The fourth-order valence-corrected chi connectivity index (χ4v) is 2.65. The Morgan fingerprint density at radius 1 is 1.31 bits per heavy atom. The predicted octanol–water partition coefficient (Wildman–Crippen LogP) is 2.08. The number of amides is 1. The van der Waals surface area contributed by atoms with E-state index in [1.807, 2.05) is 0 Å². The van der Waals surface area contributed by atoms with Crippen molar-refractivity contribution in [1.29, 1.82) is 0 Å². The molecule has 7 nitrogen and oxygen atoms in total. The molecule has 1 aromatic heterocycles. The van der Waals surface area contributed by atoms with Crippen LogP contribution in [0.1, 0.15) is 26.5 Å². The summed E-state index contributed by atoms with van der Waals surface area (Å²) < 4.78 is 68.8. The number of nitrogens with zero attached hydrogens (tertiary/aromatic N) is 3. The molecular formula is C17H22F5N5O2. The molecule has 2 rings (SSSR count). The summed E-state index contributed by atoms with van der Waals surface area (Å²) in [4.78, 5) is 20.8. The number of anilines is 1. The molecule has 1 aromatic rings. The third-order valence-corrected chi connectivity index (χ3v) is 4.04. The maximum Gasteiger partial charge on any atom is 0.422 e. The minimum atomic E-state index is -4.64. The van der Waals surface area contributed by atoms with Crippen molar-refractivity contribution in [2.45, 2.75) is 38.9 Å². The molecule has 1 aliphatic heterocycles. The molecule has 0 saturated carbocycles. The Morgan fingerprint density at radius 3 is 2.34 bits per heavy atom. The first kappa shape index (κ1) is 22.6. The zero-order valence-corrected chi connectivity index (χ0v) is 16.1. The summed E-state index contributed by atoms with van der Waals surface area (Å²) in [5.41, 5.74) is 10.4. The van der Waals surface area contributed by atoms with Gasteiger partial charge >= 0.3 is 6.18 Å². The first-order valence-electron chi connectivity index (χ1n) is 8.54. The molecule has 4 N–H and O–H groups in total. The lowest BCUT2D eigenvalue weighted by Gasteiger charge is -2.40. The first-order valence-corrected chi connectivity index (χ1v) is 8.54. The number of amidine groups is 1. The lowest BCUT2D eigenvalue weighted by Crippen LogP contribution is -2.56. The van der Waals surface area contributed by atoms with Crippen LogP contribution in [-0.2, 0) is 4.79 Å². The fraction of sp³-hybridized carbons (Fsp3) is 0.588. The number of hydrogen-bond acceptors (Lipinski definition) is 5. The van der Waals surface area contributed by atoms with Gasteiger partial charge in [-0.3, -0.25) is 14.8 Å². The number of nitrogens with two attached hydrogens (primary N) is 2. The number of carbonyl (C=O) groups excluding carboxylic acids is 1. The SMILES string of the molecule is CC(C)(C)[C@@H](N=C(N)c1cc(OCC(F)(F)F)c(N2CC(F)(F)C2)cn1)C(N)=O. The van der Waals surface area contributed by atoms with Crippen LogP contribution in [0.5, 0.6) is 5.75 Å². The predicted molar refractivity (Wildman–Crippen MR) is 96.1 cm³/mol. The van der Waals surface area contributed by atoms with Gasteiger partial charge in [0.2, 0.25) is 5.91 Å². The number of aromatic nitrogens is 1. The number of primary amides is 1.